The second-order valence-electron chi connectivity index (χ2n) is 4.89. The summed E-state index contributed by atoms with van der Waals surface area (Å²) in [5, 5.41) is 4.58. The first-order valence-electron chi connectivity index (χ1n) is 6.34. The quantitative estimate of drug-likeness (QED) is 0.900. The Kier molecular flexibility index (Phi) is 3.53. The van der Waals surface area contributed by atoms with Crippen molar-refractivity contribution in [3.05, 3.63) is 40.7 Å². The molecule has 0 radical (unpaired) electrons. The minimum absolute atomic E-state index is 0.633. The fourth-order valence-corrected chi connectivity index (χ4v) is 2.34. The van der Waals surface area contributed by atoms with Gasteiger partial charge < -0.3 is 5.73 Å². The predicted octanol–water partition coefficient (Wildman–Crippen LogP) is 2.51. The zero-order valence-corrected chi connectivity index (χ0v) is 11.6. The van der Waals surface area contributed by atoms with Crippen molar-refractivity contribution in [2.75, 3.05) is 6.54 Å². The van der Waals surface area contributed by atoms with Crippen molar-refractivity contribution >= 4 is 0 Å². The normalized spacial score (nSPS) is 10.9. The molecule has 0 amide bonds. The van der Waals surface area contributed by atoms with E-state index in [1.54, 1.807) is 0 Å². The van der Waals surface area contributed by atoms with Gasteiger partial charge in [-0.25, -0.2) is 0 Å². The Balaban J connectivity index is 2.65. The van der Waals surface area contributed by atoms with Gasteiger partial charge in [-0.15, -0.1) is 0 Å². The van der Waals surface area contributed by atoms with Crippen LogP contribution in [0.25, 0.3) is 11.1 Å². The number of nitrogens with two attached hydrogens (primary N) is 1. The van der Waals surface area contributed by atoms with Crippen LogP contribution in [0.2, 0.25) is 0 Å². The molecule has 0 aliphatic heterocycles. The fraction of sp³-hybridized carbons (Fsp3) is 0.400. The van der Waals surface area contributed by atoms with E-state index in [-0.39, 0.29) is 0 Å². The van der Waals surface area contributed by atoms with Gasteiger partial charge in [0, 0.05) is 24.7 Å². The summed E-state index contributed by atoms with van der Waals surface area (Å²) in [4.78, 5) is 0. The van der Waals surface area contributed by atoms with Crippen LogP contribution >= 0.6 is 0 Å². The van der Waals surface area contributed by atoms with Gasteiger partial charge in [-0.1, -0.05) is 23.8 Å². The molecule has 0 saturated carbocycles. The minimum Gasteiger partial charge on any atom is -0.330 e. The first kappa shape index (κ1) is 12.8. The van der Waals surface area contributed by atoms with E-state index in [0.29, 0.717) is 6.54 Å². The van der Waals surface area contributed by atoms with Crippen LogP contribution in [-0.4, -0.2) is 16.3 Å². The van der Waals surface area contributed by atoms with Gasteiger partial charge in [-0.05, 0) is 38.4 Å². The van der Waals surface area contributed by atoms with Crippen molar-refractivity contribution in [3.63, 3.8) is 0 Å². The molecule has 0 unspecified atom stereocenters. The lowest BCUT2D eigenvalue weighted by atomic mass is 9.96. The average Bonchev–Trinajstić information content (AvgIpc) is 2.59. The highest BCUT2D eigenvalue weighted by Gasteiger charge is 2.15. The van der Waals surface area contributed by atoms with Gasteiger partial charge in [0.1, 0.15) is 0 Å². The summed E-state index contributed by atoms with van der Waals surface area (Å²) in [5.74, 6) is 0. The Bertz CT molecular complexity index is 567. The van der Waals surface area contributed by atoms with E-state index in [4.69, 9.17) is 5.73 Å². The predicted molar refractivity (Wildman–Crippen MR) is 75.6 cm³/mol. The maximum Gasteiger partial charge on any atom is 0.0718 e. The molecule has 0 aliphatic carbocycles. The number of hydrogen-bond donors (Lipinski definition) is 1. The van der Waals surface area contributed by atoms with E-state index in [1.165, 1.54) is 27.9 Å². The Morgan fingerprint density at radius 3 is 2.61 bits per heavy atom. The van der Waals surface area contributed by atoms with Gasteiger partial charge >= 0.3 is 0 Å². The van der Waals surface area contributed by atoms with Crippen LogP contribution in [0.4, 0.5) is 0 Å². The Hall–Kier alpha value is -1.61. The fourth-order valence-electron chi connectivity index (χ4n) is 2.34. The summed E-state index contributed by atoms with van der Waals surface area (Å²) in [6.45, 7) is 7.02. The van der Waals surface area contributed by atoms with Gasteiger partial charge in [0.15, 0.2) is 0 Å². The second kappa shape index (κ2) is 4.94. The Morgan fingerprint density at radius 2 is 1.94 bits per heavy atom. The number of aryl methyl sites for hydroxylation is 3. The minimum atomic E-state index is 0.633. The van der Waals surface area contributed by atoms with Crippen molar-refractivity contribution in [3.8, 4) is 11.1 Å². The number of hydrogen-bond acceptors (Lipinski definition) is 2. The molecule has 2 aromatic rings. The lowest BCUT2D eigenvalue weighted by molar-refractivity contribution is 0.718. The molecule has 18 heavy (non-hydrogen) atoms. The molecular weight excluding hydrogens is 222 g/mol. The number of aromatic nitrogens is 2. The van der Waals surface area contributed by atoms with Crippen LogP contribution in [0.15, 0.2) is 18.2 Å². The van der Waals surface area contributed by atoms with Crippen LogP contribution < -0.4 is 5.73 Å². The number of nitrogens with zero attached hydrogens (tertiary/aromatic N) is 2. The molecule has 3 nitrogen and oxygen atoms in total. The summed E-state index contributed by atoms with van der Waals surface area (Å²) in [6, 6.07) is 6.55. The monoisotopic (exact) mass is 243 g/mol. The molecule has 0 atom stereocenters. The highest BCUT2D eigenvalue weighted by atomic mass is 15.3. The van der Waals surface area contributed by atoms with Crippen LogP contribution in [-0.2, 0) is 13.5 Å². The third-order valence-electron chi connectivity index (χ3n) is 3.45. The average molecular weight is 243 g/mol. The zero-order chi connectivity index (χ0) is 13.3. The summed E-state index contributed by atoms with van der Waals surface area (Å²) < 4.78 is 1.95. The topological polar surface area (TPSA) is 43.8 Å². The standard InChI is InChI=1S/C15H21N3/c1-10-5-6-11(2)13(9-10)15-12(3)18(4)17-14(15)7-8-16/h5-6,9H,7-8,16H2,1-4H3. The molecular formula is C15H21N3. The van der Waals surface area contributed by atoms with Crippen LogP contribution in [0.1, 0.15) is 22.5 Å². The van der Waals surface area contributed by atoms with Gasteiger partial charge in [0.2, 0.25) is 0 Å². The third-order valence-corrected chi connectivity index (χ3v) is 3.45. The molecule has 0 saturated heterocycles. The molecule has 3 heteroatoms. The molecule has 2 N–H and O–H groups in total. The van der Waals surface area contributed by atoms with E-state index in [0.717, 1.165) is 12.1 Å². The summed E-state index contributed by atoms with van der Waals surface area (Å²) >= 11 is 0. The van der Waals surface area contributed by atoms with Crippen molar-refractivity contribution in [2.45, 2.75) is 27.2 Å². The maximum atomic E-state index is 5.69. The molecule has 2 rings (SSSR count). The second-order valence-corrected chi connectivity index (χ2v) is 4.89. The molecule has 1 aromatic carbocycles. The van der Waals surface area contributed by atoms with E-state index in [1.807, 2.05) is 11.7 Å². The van der Waals surface area contributed by atoms with Crippen LogP contribution in [0, 0.1) is 20.8 Å². The van der Waals surface area contributed by atoms with Crippen LogP contribution in [0.5, 0.6) is 0 Å². The van der Waals surface area contributed by atoms with Crippen molar-refractivity contribution < 1.29 is 0 Å². The van der Waals surface area contributed by atoms with E-state index < -0.39 is 0 Å². The maximum absolute atomic E-state index is 5.69. The summed E-state index contributed by atoms with van der Waals surface area (Å²) in [7, 11) is 1.99. The highest BCUT2D eigenvalue weighted by Crippen LogP contribution is 2.30. The molecule has 96 valence electrons. The summed E-state index contributed by atoms with van der Waals surface area (Å²) in [6.07, 6.45) is 0.824. The van der Waals surface area contributed by atoms with Crippen molar-refractivity contribution in [1.82, 2.24) is 9.78 Å². The molecule has 0 bridgehead atoms. The van der Waals surface area contributed by atoms with E-state index in [9.17, 15) is 0 Å². The molecule has 1 aromatic heterocycles. The lowest BCUT2D eigenvalue weighted by Crippen LogP contribution is -2.04. The van der Waals surface area contributed by atoms with Crippen molar-refractivity contribution in [2.24, 2.45) is 12.8 Å². The van der Waals surface area contributed by atoms with Gasteiger partial charge in [0.25, 0.3) is 0 Å². The van der Waals surface area contributed by atoms with Crippen molar-refractivity contribution in [1.29, 1.82) is 0 Å². The van der Waals surface area contributed by atoms with E-state index in [2.05, 4.69) is 44.1 Å². The Labute approximate surface area is 109 Å². The number of rotatable bonds is 3. The van der Waals surface area contributed by atoms with E-state index >= 15 is 0 Å². The third kappa shape index (κ3) is 2.18. The molecule has 1 heterocycles. The first-order valence-corrected chi connectivity index (χ1v) is 6.34. The summed E-state index contributed by atoms with van der Waals surface area (Å²) in [5.41, 5.74) is 13.1. The smallest absolute Gasteiger partial charge is 0.0718 e. The molecule has 0 spiro atoms. The lowest BCUT2D eigenvalue weighted by Gasteiger charge is -2.09. The highest BCUT2D eigenvalue weighted by molar-refractivity contribution is 5.72. The van der Waals surface area contributed by atoms with Gasteiger partial charge in [-0.2, -0.15) is 5.10 Å². The van der Waals surface area contributed by atoms with Gasteiger partial charge in [-0.3, -0.25) is 4.68 Å². The van der Waals surface area contributed by atoms with Gasteiger partial charge in [0.05, 0.1) is 5.69 Å². The SMILES string of the molecule is Cc1ccc(C)c(-c2c(CCN)nn(C)c2C)c1. The van der Waals surface area contributed by atoms with Crippen LogP contribution in [0.3, 0.4) is 0 Å². The Morgan fingerprint density at radius 1 is 1.22 bits per heavy atom. The molecule has 0 fully saturated rings. The zero-order valence-electron chi connectivity index (χ0n) is 11.6. The molecule has 0 aliphatic rings. The largest absolute Gasteiger partial charge is 0.330 e. The first-order chi connectivity index (χ1) is 8.54. The number of benzene rings is 1.